The first-order valence-electron chi connectivity index (χ1n) is 7.07. The average Bonchev–Trinajstić information content (AvgIpc) is 2.87. The van der Waals surface area contributed by atoms with Crippen LogP contribution in [-0.2, 0) is 4.79 Å². The van der Waals surface area contributed by atoms with E-state index >= 15 is 0 Å². The van der Waals surface area contributed by atoms with E-state index in [2.05, 4.69) is 14.9 Å². The highest BCUT2D eigenvalue weighted by atomic mass is 35.5. The molecular weight excluding hydrogens is 290 g/mol. The Bertz CT molecular complexity index is 671. The van der Waals surface area contributed by atoms with Crippen LogP contribution in [0.4, 0.5) is 0 Å². The van der Waals surface area contributed by atoms with Crippen LogP contribution < -0.4 is 10.1 Å². The summed E-state index contributed by atoms with van der Waals surface area (Å²) in [6.45, 7) is 2.52. The first-order valence-corrected chi connectivity index (χ1v) is 7.51. The van der Waals surface area contributed by atoms with Gasteiger partial charge in [0, 0.05) is 13.0 Å². The third-order valence-corrected chi connectivity index (χ3v) is 4.09. The summed E-state index contributed by atoms with van der Waals surface area (Å²) in [6, 6.07) is 6.04. The van der Waals surface area contributed by atoms with E-state index in [0.29, 0.717) is 13.0 Å². The molecule has 2 unspecified atom stereocenters. The molecule has 2 aromatic rings. The van der Waals surface area contributed by atoms with Crippen LogP contribution in [0.5, 0.6) is 5.75 Å². The van der Waals surface area contributed by atoms with Crippen molar-refractivity contribution in [3.8, 4) is 5.75 Å². The Kier molecular flexibility index (Phi) is 3.76. The van der Waals surface area contributed by atoms with Crippen LogP contribution in [0.3, 0.4) is 0 Å². The summed E-state index contributed by atoms with van der Waals surface area (Å²) in [5.74, 6) is 1.66. The van der Waals surface area contributed by atoms with Gasteiger partial charge >= 0.3 is 0 Å². The molecule has 1 fully saturated rings. The van der Waals surface area contributed by atoms with Crippen molar-refractivity contribution >= 4 is 28.5 Å². The number of rotatable bonds is 3. The fourth-order valence-corrected chi connectivity index (χ4v) is 3.03. The summed E-state index contributed by atoms with van der Waals surface area (Å²) >= 11 is 6.31. The quantitative estimate of drug-likeness (QED) is 0.887. The summed E-state index contributed by atoms with van der Waals surface area (Å²) in [6.07, 6.45) is 1.33. The maximum atomic E-state index is 11.4. The SMILES string of the molecule is COc1cccc2c1nc(C(C)Cl)n2C1CCC(=O)NC1. The standard InChI is InChI=1S/C15H18ClN3O2/c1-9(16)15-18-14-11(4-3-5-12(14)21-2)19(15)10-6-7-13(20)17-8-10/h3-5,9-10H,6-8H2,1-2H3,(H,17,20). The number of halogens is 1. The Morgan fingerprint density at radius 3 is 2.95 bits per heavy atom. The first kappa shape index (κ1) is 14.2. The zero-order valence-corrected chi connectivity index (χ0v) is 12.9. The molecule has 3 rings (SSSR count). The molecule has 0 bridgehead atoms. The third kappa shape index (κ3) is 2.46. The molecule has 21 heavy (non-hydrogen) atoms. The van der Waals surface area contributed by atoms with Gasteiger partial charge in [0.1, 0.15) is 17.1 Å². The number of carbonyl (C=O) groups excluding carboxylic acids is 1. The maximum absolute atomic E-state index is 11.4. The Labute approximate surface area is 128 Å². The third-order valence-electron chi connectivity index (χ3n) is 3.89. The summed E-state index contributed by atoms with van der Waals surface area (Å²) in [5.41, 5.74) is 1.82. The molecule has 0 radical (unpaired) electrons. The Balaban J connectivity index is 2.14. The van der Waals surface area contributed by atoms with Gasteiger partial charge in [-0.25, -0.2) is 4.98 Å². The average molecular weight is 308 g/mol. The lowest BCUT2D eigenvalue weighted by Crippen LogP contribution is -2.36. The van der Waals surface area contributed by atoms with Crippen LogP contribution in [0, 0.1) is 0 Å². The molecule has 1 aliphatic heterocycles. The van der Waals surface area contributed by atoms with Gasteiger partial charge in [-0.3, -0.25) is 4.79 Å². The number of para-hydroxylation sites is 1. The molecule has 6 heteroatoms. The van der Waals surface area contributed by atoms with E-state index in [-0.39, 0.29) is 17.3 Å². The van der Waals surface area contributed by atoms with Crippen LogP contribution in [0.25, 0.3) is 11.0 Å². The normalized spacial score (nSPS) is 20.3. The lowest BCUT2D eigenvalue weighted by Gasteiger charge is -2.26. The molecule has 2 heterocycles. The van der Waals surface area contributed by atoms with Crippen molar-refractivity contribution < 1.29 is 9.53 Å². The van der Waals surface area contributed by atoms with Gasteiger partial charge in [-0.1, -0.05) is 6.07 Å². The fraction of sp³-hybridized carbons (Fsp3) is 0.467. The number of carbonyl (C=O) groups is 1. The van der Waals surface area contributed by atoms with Crippen molar-refractivity contribution in [2.75, 3.05) is 13.7 Å². The largest absolute Gasteiger partial charge is 0.494 e. The zero-order valence-electron chi connectivity index (χ0n) is 12.1. The minimum Gasteiger partial charge on any atom is -0.494 e. The van der Waals surface area contributed by atoms with E-state index in [1.54, 1.807) is 7.11 Å². The van der Waals surface area contributed by atoms with Gasteiger partial charge in [-0.05, 0) is 25.5 Å². The number of imidazole rings is 1. The number of methoxy groups -OCH3 is 1. The highest BCUT2D eigenvalue weighted by Gasteiger charge is 2.26. The molecule has 0 saturated carbocycles. The minimum absolute atomic E-state index is 0.105. The van der Waals surface area contributed by atoms with Gasteiger partial charge in [0.05, 0.1) is 24.0 Å². The van der Waals surface area contributed by atoms with Gasteiger partial charge < -0.3 is 14.6 Å². The van der Waals surface area contributed by atoms with Gasteiger partial charge in [0.2, 0.25) is 5.91 Å². The molecule has 112 valence electrons. The topological polar surface area (TPSA) is 56.2 Å². The first-order chi connectivity index (χ1) is 10.1. The summed E-state index contributed by atoms with van der Waals surface area (Å²) in [5, 5.41) is 2.71. The second kappa shape index (κ2) is 5.56. The van der Waals surface area contributed by atoms with E-state index in [9.17, 15) is 4.79 Å². The van der Waals surface area contributed by atoms with Crippen LogP contribution in [0.15, 0.2) is 18.2 Å². The molecule has 5 nitrogen and oxygen atoms in total. The van der Waals surface area contributed by atoms with Crippen LogP contribution in [-0.4, -0.2) is 29.1 Å². The minimum atomic E-state index is -0.209. The molecule has 1 saturated heterocycles. The Morgan fingerprint density at radius 1 is 1.52 bits per heavy atom. The number of fused-ring (bicyclic) bond motifs is 1. The smallest absolute Gasteiger partial charge is 0.220 e. The lowest BCUT2D eigenvalue weighted by molar-refractivity contribution is -0.122. The van der Waals surface area contributed by atoms with E-state index in [0.717, 1.165) is 29.0 Å². The Morgan fingerprint density at radius 2 is 2.33 bits per heavy atom. The summed E-state index contributed by atoms with van der Waals surface area (Å²) in [4.78, 5) is 16.0. The van der Waals surface area contributed by atoms with Crippen molar-refractivity contribution in [3.63, 3.8) is 0 Å². The predicted molar refractivity (Wildman–Crippen MR) is 81.8 cm³/mol. The monoisotopic (exact) mass is 307 g/mol. The number of ether oxygens (including phenoxy) is 1. The Hall–Kier alpha value is -1.75. The summed E-state index contributed by atoms with van der Waals surface area (Å²) in [7, 11) is 1.64. The predicted octanol–water partition coefficient (Wildman–Crippen LogP) is 2.80. The molecular formula is C15H18ClN3O2. The summed E-state index contributed by atoms with van der Waals surface area (Å²) < 4.78 is 7.54. The van der Waals surface area contributed by atoms with Crippen molar-refractivity contribution in [2.24, 2.45) is 0 Å². The van der Waals surface area contributed by atoms with Crippen LogP contribution >= 0.6 is 11.6 Å². The highest BCUT2D eigenvalue weighted by Crippen LogP contribution is 2.34. The zero-order chi connectivity index (χ0) is 15.0. The number of nitrogens with one attached hydrogen (secondary N) is 1. The van der Waals surface area contributed by atoms with Gasteiger partial charge in [0.25, 0.3) is 0 Å². The van der Waals surface area contributed by atoms with Crippen molar-refractivity contribution in [2.45, 2.75) is 31.2 Å². The molecule has 1 amide bonds. The highest BCUT2D eigenvalue weighted by molar-refractivity contribution is 6.20. The molecule has 1 aliphatic rings. The van der Waals surface area contributed by atoms with E-state index in [4.69, 9.17) is 16.3 Å². The van der Waals surface area contributed by atoms with Gasteiger partial charge in [0.15, 0.2) is 0 Å². The van der Waals surface area contributed by atoms with E-state index < -0.39 is 0 Å². The second-order valence-electron chi connectivity index (χ2n) is 5.28. The number of hydrogen-bond acceptors (Lipinski definition) is 3. The fourth-order valence-electron chi connectivity index (χ4n) is 2.88. The molecule has 2 atom stereocenters. The number of alkyl halides is 1. The van der Waals surface area contributed by atoms with E-state index in [1.165, 1.54) is 0 Å². The van der Waals surface area contributed by atoms with Crippen molar-refractivity contribution in [3.05, 3.63) is 24.0 Å². The second-order valence-corrected chi connectivity index (χ2v) is 5.94. The van der Waals surface area contributed by atoms with Crippen LogP contribution in [0.1, 0.15) is 37.0 Å². The lowest BCUT2D eigenvalue weighted by atomic mass is 10.1. The molecule has 1 N–H and O–H groups in total. The number of amides is 1. The van der Waals surface area contributed by atoms with Crippen molar-refractivity contribution in [1.29, 1.82) is 0 Å². The molecule has 1 aromatic carbocycles. The van der Waals surface area contributed by atoms with Gasteiger partial charge in [-0.15, -0.1) is 11.6 Å². The maximum Gasteiger partial charge on any atom is 0.220 e. The van der Waals surface area contributed by atoms with Crippen molar-refractivity contribution in [1.82, 2.24) is 14.9 Å². The molecule has 0 spiro atoms. The van der Waals surface area contributed by atoms with Gasteiger partial charge in [-0.2, -0.15) is 0 Å². The number of piperidine rings is 1. The van der Waals surface area contributed by atoms with Crippen LogP contribution in [0.2, 0.25) is 0 Å². The molecule has 0 aliphatic carbocycles. The van der Waals surface area contributed by atoms with E-state index in [1.807, 2.05) is 25.1 Å². The molecule has 1 aromatic heterocycles. The number of aromatic nitrogens is 2. The number of benzene rings is 1. The number of hydrogen-bond donors (Lipinski definition) is 1. The number of nitrogens with zero attached hydrogens (tertiary/aromatic N) is 2.